The topological polar surface area (TPSA) is 55.4 Å². The van der Waals surface area contributed by atoms with Gasteiger partial charge in [0.25, 0.3) is 0 Å². The van der Waals surface area contributed by atoms with E-state index in [-0.39, 0.29) is 5.75 Å². The highest BCUT2D eigenvalue weighted by Gasteiger charge is 2.11. The van der Waals surface area contributed by atoms with Crippen molar-refractivity contribution >= 4 is 21.6 Å². The monoisotopic (exact) mass is 353 g/mol. The van der Waals surface area contributed by atoms with Gasteiger partial charge in [0.05, 0.1) is 12.9 Å². The van der Waals surface area contributed by atoms with Gasteiger partial charge in [-0.25, -0.2) is 13.1 Å². The van der Waals surface area contributed by atoms with Gasteiger partial charge in [0.2, 0.25) is 10.0 Å². The Bertz CT molecular complexity index is 730. The Hall–Kier alpha value is -1.56. The van der Waals surface area contributed by atoms with Gasteiger partial charge >= 0.3 is 0 Å². The van der Waals surface area contributed by atoms with E-state index in [1.165, 1.54) is 0 Å². The number of hydrogen-bond donors (Lipinski definition) is 1. The molecule has 1 N–H and O–H groups in total. The van der Waals surface area contributed by atoms with Crippen molar-refractivity contribution in [3.05, 3.63) is 64.7 Å². The van der Waals surface area contributed by atoms with Crippen LogP contribution in [0, 0.1) is 0 Å². The number of benzene rings is 2. The van der Waals surface area contributed by atoms with E-state index in [1.807, 2.05) is 24.3 Å². The van der Waals surface area contributed by atoms with E-state index in [0.29, 0.717) is 17.1 Å². The van der Waals surface area contributed by atoms with Gasteiger partial charge in [-0.15, -0.1) is 0 Å². The van der Waals surface area contributed by atoms with Crippen LogP contribution in [0.2, 0.25) is 5.02 Å². The fourth-order valence-corrected chi connectivity index (χ4v) is 3.60. The molecule has 23 heavy (non-hydrogen) atoms. The molecule has 0 heterocycles. The maximum absolute atomic E-state index is 12.0. The lowest BCUT2D eigenvalue weighted by atomic mass is 10.1. The van der Waals surface area contributed by atoms with E-state index in [9.17, 15) is 8.42 Å². The number of ether oxygens (including phenoxy) is 1. The molecule has 6 heteroatoms. The van der Waals surface area contributed by atoms with Crippen molar-refractivity contribution in [2.75, 3.05) is 13.7 Å². The van der Waals surface area contributed by atoms with Gasteiger partial charge in [-0.2, -0.15) is 0 Å². The maximum Gasteiger partial charge on any atom is 0.215 e. The summed E-state index contributed by atoms with van der Waals surface area (Å²) in [5.41, 5.74) is 1.83. The molecule has 0 aliphatic carbocycles. The summed E-state index contributed by atoms with van der Waals surface area (Å²) in [6.45, 7) is 0.412. The zero-order valence-electron chi connectivity index (χ0n) is 13.0. The molecule has 2 rings (SSSR count). The van der Waals surface area contributed by atoms with E-state index in [0.717, 1.165) is 24.2 Å². The molecule has 0 aromatic heterocycles. The van der Waals surface area contributed by atoms with Crippen LogP contribution in [-0.4, -0.2) is 22.1 Å². The van der Waals surface area contributed by atoms with Gasteiger partial charge in [0.15, 0.2) is 0 Å². The van der Waals surface area contributed by atoms with Crippen LogP contribution in [0.1, 0.15) is 17.5 Å². The summed E-state index contributed by atoms with van der Waals surface area (Å²) in [6, 6.07) is 14.7. The molecule has 124 valence electrons. The molecule has 0 saturated carbocycles. The zero-order chi connectivity index (χ0) is 16.7. The van der Waals surface area contributed by atoms with Gasteiger partial charge in [-0.3, -0.25) is 0 Å². The first-order valence-corrected chi connectivity index (χ1v) is 9.36. The summed E-state index contributed by atoms with van der Waals surface area (Å²) >= 11 is 5.87. The van der Waals surface area contributed by atoms with Crippen LogP contribution in [0.3, 0.4) is 0 Å². The third kappa shape index (κ3) is 6.22. The van der Waals surface area contributed by atoms with Crippen molar-refractivity contribution in [2.24, 2.45) is 0 Å². The lowest BCUT2D eigenvalue weighted by Gasteiger charge is -2.07. The summed E-state index contributed by atoms with van der Waals surface area (Å²) in [4.78, 5) is 0. The minimum atomic E-state index is -3.35. The first-order chi connectivity index (χ1) is 11.0. The molecule has 2 aromatic carbocycles. The summed E-state index contributed by atoms with van der Waals surface area (Å²) in [5.74, 6) is 0.756. The summed E-state index contributed by atoms with van der Waals surface area (Å²) in [7, 11) is -1.72. The number of sulfonamides is 1. The first-order valence-electron chi connectivity index (χ1n) is 7.33. The average Bonchev–Trinajstić information content (AvgIpc) is 2.52. The van der Waals surface area contributed by atoms with Crippen molar-refractivity contribution in [1.29, 1.82) is 0 Å². The molecular formula is C17H20ClNO3S. The molecule has 0 aliphatic heterocycles. The Morgan fingerprint density at radius 2 is 1.83 bits per heavy atom. The predicted molar refractivity (Wildman–Crippen MR) is 93.4 cm³/mol. The number of aryl methyl sites for hydroxylation is 1. The molecule has 0 atom stereocenters. The Morgan fingerprint density at radius 1 is 1.09 bits per heavy atom. The minimum absolute atomic E-state index is 0.0594. The Labute approximate surface area is 142 Å². The van der Waals surface area contributed by atoms with Gasteiger partial charge in [-0.05, 0) is 48.2 Å². The van der Waals surface area contributed by atoms with Crippen molar-refractivity contribution in [3.8, 4) is 5.75 Å². The molecular weight excluding hydrogens is 334 g/mol. The number of nitrogens with one attached hydrogen (secondary N) is 1. The molecule has 0 radical (unpaired) electrons. The van der Waals surface area contributed by atoms with Crippen LogP contribution in [0.5, 0.6) is 5.75 Å². The zero-order valence-corrected chi connectivity index (χ0v) is 14.5. The highest BCUT2D eigenvalue weighted by Crippen LogP contribution is 2.14. The first kappa shape index (κ1) is 17.8. The summed E-state index contributed by atoms with van der Waals surface area (Å²) < 4.78 is 31.8. The van der Waals surface area contributed by atoms with Crippen LogP contribution < -0.4 is 9.46 Å². The van der Waals surface area contributed by atoms with Gasteiger partial charge < -0.3 is 4.74 Å². The van der Waals surface area contributed by atoms with Crippen LogP contribution in [0.15, 0.2) is 48.5 Å². The van der Waals surface area contributed by atoms with Crippen molar-refractivity contribution in [2.45, 2.75) is 18.6 Å². The van der Waals surface area contributed by atoms with Crippen LogP contribution in [0.4, 0.5) is 0 Å². The third-order valence-electron chi connectivity index (χ3n) is 3.37. The second-order valence-electron chi connectivity index (χ2n) is 5.23. The summed E-state index contributed by atoms with van der Waals surface area (Å²) in [5, 5.41) is 0.539. The fraction of sp³-hybridized carbons (Fsp3) is 0.294. The van der Waals surface area contributed by atoms with Gasteiger partial charge in [-0.1, -0.05) is 35.9 Å². The molecule has 0 aliphatic rings. The third-order valence-corrected chi connectivity index (χ3v) is 4.96. The molecule has 4 nitrogen and oxygen atoms in total. The molecule has 0 unspecified atom stereocenters. The second kappa shape index (κ2) is 8.34. The summed E-state index contributed by atoms with van der Waals surface area (Å²) in [6.07, 6.45) is 1.55. The van der Waals surface area contributed by atoms with Gasteiger partial charge in [0.1, 0.15) is 5.75 Å². The molecule has 0 spiro atoms. The maximum atomic E-state index is 12.0. The number of methoxy groups -OCH3 is 1. The van der Waals surface area contributed by atoms with E-state index < -0.39 is 10.0 Å². The Morgan fingerprint density at radius 3 is 2.48 bits per heavy atom. The van der Waals surface area contributed by atoms with Crippen molar-refractivity contribution in [3.63, 3.8) is 0 Å². The largest absolute Gasteiger partial charge is 0.497 e. The molecule has 2 aromatic rings. The molecule has 0 bridgehead atoms. The second-order valence-corrected chi connectivity index (χ2v) is 7.48. The number of hydrogen-bond acceptors (Lipinski definition) is 3. The van der Waals surface area contributed by atoms with Crippen LogP contribution >= 0.6 is 11.6 Å². The molecule has 0 saturated heterocycles. The van der Waals surface area contributed by atoms with E-state index in [1.54, 1.807) is 31.4 Å². The van der Waals surface area contributed by atoms with E-state index >= 15 is 0 Å². The Balaban J connectivity index is 1.78. The van der Waals surface area contributed by atoms with E-state index in [2.05, 4.69) is 4.72 Å². The standard InChI is InChI=1S/C17H20ClNO3S/c1-22-17-9-7-14(8-10-17)5-3-11-19-23(20,21)13-15-4-2-6-16(18)12-15/h2,4,6-10,12,19H,3,5,11,13H2,1H3. The number of halogens is 1. The average molecular weight is 354 g/mol. The minimum Gasteiger partial charge on any atom is -0.497 e. The molecule has 0 amide bonds. The van der Waals surface area contributed by atoms with Gasteiger partial charge in [0, 0.05) is 11.6 Å². The van der Waals surface area contributed by atoms with Crippen LogP contribution in [-0.2, 0) is 22.2 Å². The van der Waals surface area contributed by atoms with Crippen LogP contribution in [0.25, 0.3) is 0 Å². The lowest BCUT2D eigenvalue weighted by molar-refractivity contribution is 0.414. The Kier molecular flexibility index (Phi) is 6.45. The van der Waals surface area contributed by atoms with Crippen molar-refractivity contribution in [1.82, 2.24) is 4.72 Å². The highest BCUT2D eigenvalue weighted by molar-refractivity contribution is 7.88. The normalized spacial score (nSPS) is 11.4. The quantitative estimate of drug-likeness (QED) is 0.740. The van der Waals surface area contributed by atoms with Crippen molar-refractivity contribution < 1.29 is 13.2 Å². The SMILES string of the molecule is COc1ccc(CCCNS(=O)(=O)Cc2cccc(Cl)c2)cc1. The van der Waals surface area contributed by atoms with E-state index in [4.69, 9.17) is 16.3 Å². The predicted octanol–water partition coefficient (Wildman–Crippen LogP) is 3.40. The molecule has 0 fully saturated rings. The smallest absolute Gasteiger partial charge is 0.215 e. The highest BCUT2D eigenvalue weighted by atomic mass is 35.5. The number of rotatable bonds is 8. The lowest BCUT2D eigenvalue weighted by Crippen LogP contribution is -2.26. The fourth-order valence-electron chi connectivity index (χ4n) is 2.21.